The van der Waals surface area contributed by atoms with E-state index in [-0.39, 0.29) is 34.5 Å². The SMILES string of the molecule is CCOC(=O)c1ccc(NC(=O)CN(c2ccc(C(=O)N3CCOCC3)cc2)S(C)(=O)=O)cc1Cl. The Labute approximate surface area is 208 Å². The number of anilines is 2. The molecule has 12 heteroatoms. The smallest absolute Gasteiger partial charge is 0.339 e. The molecule has 1 saturated heterocycles. The van der Waals surface area contributed by atoms with Gasteiger partial charge in [0.15, 0.2) is 0 Å². The fourth-order valence-corrected chi connectivity index (χ4v) is 4.53. The maximum absolute atomic E-state index is 12.6. The second-order valence-electron chi connectivity index (χ2n) is 7.68. The molecule has 1 aliphatic heterocycles. The molecule has 35 heavy (non-hydrogen) atoms. The molecule has 0 radical (unpaired) electrons. The number of nitrogens with one attached hydrogen (secondary N) is 1. The first kappa shape index (κ1) is 26.5. The first-order valence-corrected chi connectivity index (χ1v) is 13.0. The van der Waals surface area contributed by atoms with Crippen molar-refractivity contribution in [2.75, 3.05) is 55.3 Å². The van der Waals surface area contributed by atoms with Crippen molar-refractivity contribution in [1.29, 1.82) is 0 Å². The zero-order chi connectivity index (χ0) is 25.6. The summed E-state index contributed by atoms with van der Waals surface area (Å²) in [6, 6.07) is 10.3. The van der Waals surface area contributed by atoms with Gasteiger partial charge < -0.3 is 19.7 Å². The number of rotatable bonds is 8. The molecular formula is C23H26ClN3O7S. The summed E-state index contributed by atoms with van der Waals surface area (Å²) in [4.78, 5) is 38.8. The molecule has 2 amide bonds. The largest absolute Gasteiger partial charge is 0.462 e. The zero-order valence-corrected chi connectivity index (χ0v) is 20.9. The van der Waals surface area contributed by atoms with E-state index in [1.54, 1.807) is 11.8 Å². The summed E-state index contributed by atoms with van der Waals surface area (Å²) in [5.41, 5.74) is 1.07. The summed E-state index contributed by atoms with van der Waals surface area (Å²) in [7, 11) is -3.82. The van der Waals surface area contributed by atoms with Crippen LogP contribution >= 0.6 is 11.6 Å². The van der Waals surface area contributed by atoms with Gasteiger partial charge in [0.25, 0.3) is 5.91 Å². The first-order valence-electron chi connectivity index (χ1n) is 10.8. The number of nitrogens with zero attached hydrogens (tertiary/aromatic N) is 2. The van der Waals surface area contributed by atoms with E-state index in [0.29, 0.717) is 31.9 Å². The predicted octanol–water partition coefficient (Wildman–Crippen LogP) is 2.39. The van der Waals surface area contributed by atoms with Crippen LogP contribution in [-0.4, -0.2) is 76.8 Å². The number of carbonyl (C=O) groups is 3. The highest BCUT2D eigenvalue weighted by Crippen LogP contribution is 2.23. The molecule has 0 saturated carbocycles. The van der Waals surface area contributed by atoms with Crippen molar-refractivity contribution in [2.24, 2.45) is 0 Å². The van der Waals surface area contributed by atoms with Gasteiger partial charge in [-0.05, 0) is 49.4 Å². The van der Waals surface area contributed by atoms with Gasteiger partial charge in [-0.25, -0.2) is 13.2 Å². The quantitative estimate of drug-likeness (QED) is 0.527. The molecule has 2 aromatic rings. The summed E-state index contributed by atoms with van der Waals surface area (Å²) in [6.07, 6.45) is 0.984. The van der Waals surface area contributed by atoms with E-state index in [2.05, 4.69) is 5.32 Å². The fraction of sp³-hybridized carbons (Fsp3) is 0.348. The Bertz CT molecular complexity index is 1200. The molecule has 1 aliphatic rings. The average Bonchev–Trinajstić information content (AvgIpc) is 2.82. The number of morpholine rings is 1. The second-order valence-corrected chi connectivity index (χ2v) is 10.00. The van der Waals surface area contributed by atoms with Crippen molar-refractivity contribution in [1.82, 2.24) is 4.90 Å². The maximum Gasteiger partial charge on any atom is 0.339 e. The van der Waals surface area contributed by atoms with E-state index in [4.69, 9.17) is 21.1 Å². The molecule has 0 unspecified atom stereocenters. The molecule has 10 nitrogen and oxygen atoms in total. The maximum atomic E-state index is 12.6. The molecule has 0 spiro atoms. The minimum absolute atomic E-state index is 0.0849. The van der Waals surface area contributed by atoms with Gasteiger partial charge in [-0.3, -0.25) is 13.9 Å². The van der Waals surface area contributed by atoms with Crippen LogP contribution in [0.15, 0.2) is 42.5 Å². The lowest BCUT2D eigenvalue weighted by Gasteiger charge is -2.27. The number of ether oxygens (including phenoxy) is 2. The van der Waals surface area contributed by atoms with E-state index >= 15 is 0 Å². The topological polar surface area (TPSA) is 122 Å². The molecule has 1 fully saturated rings. The average molecular weight is 524 g/mol. The van der Waals surface area contributed by atoms with E-state index in [1.807, 2.05) is 0 Å². The molecule has 0 aliphatic carbocycles. The Balaban J connectivity index is 1.71. The highest BCUT2D eigenvalue weighted by Gasteiger charge is 2.23. The van der Waals surface area contributed by atoms with Crippen LogP contribution in [0.5, 0.6) is 0 Å². The Morgan fingerprint density at radius 1 is 1.11 bits per heavy atom. The highest BCUT2D eigenvalue weighted by atomic mass is 35.5. The lowest BCUT2D eigenvalue weighted by molar-refractivity contribution is -0.114. The molecule has 0 aromatic heterocycles. The van der Waals surface area contributed by atoms with Crippen molar-refractivity contribution in [3.63, 3.8) is 0 Å². The summed E-state index contributed by atoms with van der Waals surface area (Å²) in [5.74, 6) is -1.38. The summed E-state index contributed by atoms with van der Waals surface area (Å²) >= 11 is 6.12. The molecule has 0 atom stereocenters. The van der Waals surface area contributed by atoms with Crippen LogP contribution in [0.25, 0.3) is 0 Å². The van der Waals surface area contributed by atoms with E-state index in [1.165, 1.54) is 42.5 Å². The van der Waals surface area contributed by atoms with Crippen LogP contribution in [0.3, 0.4) is 0 Å². The predicted molar refractivity (Wildman–Crippen MR) is 131 cm³/mol. The van der Waals surface area contributed by atoms with Crippen LogP contribution in [0.2, 0.25) is 5.02 Å². The number of carbonyl (C=O) groups excluding carboxylic acids is 3. The van der Waals surface area contributed by atoms with Gasteiger partial charge in [-0.1, -0.05) is 11.6 Å². The normalized spacial score (nSPS) is 13.7. The Morgan fingerprint density at radius 3 is 2.34 bits per heavy atom. The van der Waals surface area contributed by atoms with Crippen molar-refractivity contribution in [3.8, 4) is 0 Å². The second kappa shape index (κ2) is 11.5. The van der Waals surface area contributed by atoms with Crippen molar-refractivity contribution in [3.05, 3.63) is 58.6 Å². The summed E-state index contributed by atoms with van der Waals surface area (Å²) in [6.45, 7) is 3.27. The fourth-order valence-electron chi connectivity index (χ4n) is 3.42. The van der Waals surface area contributed by atoms with Crippen LogP contribution in [0.4, 0.5) is 11.4 Å². The van der Waals surface area contributed by atoms with Gasteiger partial charge in [0.2, 0.25) is 15.9 Å². The molecule has 1 heterocycles. The summed E-state index contributed by atoms with van der Waals surface area (Å²) in [5, 5.41) is 2.66. The number of halogens is 1. The molecule has 1 N–H and O–H groups in total. The third-order valence-corrected chi connectivity index (χ3v) is 6.59. The van der Waals surface area contributed by atoms with E-state index in [0.717, 1.165) is 10.6 Å². The van der Waals surface area contributed by atoms with Crippen LogP contribution in [-0.2, 0) is 24.3 Å². The van der Waals surface area contributed by atoms with Gasteiger partial charge in [0, 0.05) is 24.3 Å². The van der Waals surface area contributed by atoms with Gasteiger partial charge in [0.1, 0.15) is 6.54 Å². The highest BCUT2D eigenvalue weighted by molar-refractivity contribution is 7.92. The van der Waals surface area contributed by atoms with Gasteiger partial charge in [0.05, 0.1) is 42.3 Å². The number of benzene rings is 2. The molecule has 188 valence electrons. The number of amides is 2. The molecule has 0 bridgehead atoms. The lowest BCUT2D eigenvalue weighted by Crippen LogP contribution is -2.40. The third-order valence-electron chi connectivity index (χ3n) is 5.14. The Morgan fingerprint density at radius 2 is 1.77 bits per heavy atom. The van der Waals surface area contributed by atoms with E-state index < -0.39 is 28.4 Å². The van der Waals surface area contributed by atoms with Crippen LogP contribution in [0, 0.1) is 0 Å². The van der Waals surface area contributed by atoms with Gasteiger partial charge in [-0.2, -0.15) is 0 Å². The van der Waals surface area contributed by atoms with Crippen LogP contribution < -0.4 is 9.62 Å². The lowest BCUT2D eigenvalue weighted by atomic mass is 10.1. The number of esters is 1. The number of hydrogen-bond acceptors (Lipinski definition) is 7. The minimum atomic E-state index is -3.82. The molecule has 3 rings (SSSR count). The molecule has 2 aromatic carbocycles. The molecular weight excluding hydrogens is 498 g/mol. The monoisotopic (exact) mass is 523 g/mol. The first-order chi connectivity index (χ1) is 16.6. The third kappa shape index (κ3) is 6.93. The standard InChI is InChI=1S/C23H26ClN3O7S/c1-3-34-23(30)19-9-6-17(14-20(19)24)25-21(28)15-27(35(2,31)32)18-7-4-16(5-8-18)22(29)26-10-12-33-13-11-26/h4-9,14H,3,10-13,15H2,1-2H3,(H,25,28). The van der Waals surface area contributed by atoms with Crippen molar-refractivity contribution >= 4 is 50.8 Å². The van der Waals surface area contributed by atoms with Crippen LogP contribution in [0.1, 0.15) is 27.6 Å². The van der Waals surface area contributed by atoms with Crippen molar-refractivity contribution < 1.29 is 32.3 Å². The Hall–Kier alpha value is -3.15. The van der Waals surface area contributed by atoms with Crippen molar-refractivity contribution in [2.45, 2.75) is 6.92 Å². The minimum Gasteiger partial charge on any atom is -0.462 e. The number of hydrogen-bond donors (Lipinski definition) is 1. The summed E-state index contributed by atoms with van der Waals surface area (Å²) < 4.78 is 35.9. The Kier molecular flexibility index (Phi) is 8.71. The van der Waals surface area contributed by atoms with Gasteiger partial charge >= 0.3 is 5.97 Å². The zero-order valence-electron chi connectivity index (χ0n) is 19.3. The van der Waals surface area contributed by atoms with Gasteiger partial charge in [-0.15, -0.1) is 0 Å². The van der Waals surface area contributed by atoms with E-state index in [9.17, 15) is 22.8 Å². The number of sulfonamides is 1.